The van der Waals surface area contributed by atoms with E-state index in [-0.39, 0.29) is 26.1 Å². The Hall–Kier alpha value is -3.02. The minimum atomic E-state index is -1.57. The molecule has 256 valence electrons. The fourth-order valence-corrected chi connectivity index (χ4v) is 3.11. The molecule has 0 saturated heterocycles. The SMILES string of the molecule is O=Cc1ccc(OCCOCCOCCOCCOCCOCCOCCOCCOCCOC(=O)CCC(=O)C(=O)O)cc1. The zero-order valence-corrected chi connectivity index (χ0v) is 25.7. The number of carbonyl (C=O) groups is 4. The monoisotopic (exact) mass is 646 g/mol. The average molecular weight is 647 g/mol. The molecule has 1 rings (SSSR count). The summed E-state index contributed by atoms with van der Waals surface area (Å²) < 4.78 is 53.5. The number of ether oxygens (including phenoxy) is 10. The number of benzene rings is 1. The Balaban J connectivity index is 1.68. The Morgan fingerprint density at radius 2 is 0.867 bits per heavy atom. The van der Waals surface area contributed by atoms with Crippen LogP contribution in [0.15, 0.2) is 24.3 Å². The number of aldehydes is 1. The van der Waals surface area contributed by atoms with E-state index in [4.69, 9.17) is 52.5 Å². The molecule has 0 saturated carbocycles. The molecule has 0 aliphatic rings. The number of carbonyl (C=O) groups excluding carboxylic acids is 3. The summed E-state index contributed by atoms with van der Waals surface area (Å²) in [6, 6.07) is 6.88. The Kier molecular flexibility index (Phi) is 26.4. The molecule has 0 atom stereocenters. The maximum absolute atomic E-state index is 11.4. The molecule has 0 heterocycles. The summed E-state index contributed by atoms with van der Waals surface area (Å²) in [5.41, 5.74) is 0.606. The van der Waals surface area contributed by atoms with Crippen molar-refractivity contribution in [1.29, 1.82) is 0 Å². The van der Waals surface area contributed by atoms with Crippen molar-refractivity contribution in [3.63, 3.8) is 0 Å². The van der Waals surface area contributed by atoms with Crippen LogP contribution in [-0.2, 0) is 57.0 Å². The smallest absolute Gasteiger partial charge is 0.372 e. The van der Waals surface area contributed by atoms with Gasteiger partial charge in [-0.25, -0.2) is 4.79 Å². The van der Waals surface area contributed by atoms with Crippen molar-refractivity contribution >= 4 is 24.0 Å². The molecule has 0 aliphatic heterocycles. The quantitative estimate of drug-likeness (QED) is 0.0494. The van der Waals surface area contributed by atoms with Gasteiger partial charge in [-0.3, -0.25) is 14.4 Å². The zero-order valence-electron chi connectivity index (χ0n) is 25.7. The maximum Gasteiger partial charge on any atom is 0.372 e. The van der Waals surface area contributed by atoms with Crippen LogP contribution >= 0.6 is 0 Å². The standard InChI is InChI=1S/C30H46O15/c31-25-26-1-3-27(4-2-26)44-23-21-42-19-17-40-15-13-38-11-9-36-7-8-37-10-12-39-14-16-41-18-20-43-22-24-45-29(33)6-5-28(32)30(34)35/h1-4,25H,5-24H2,(H,34,35). The van der Waals surface area contributed by atoms with Gasteiger partial charge in [0.25, 0.3) is 0 Å². The number of carboxylic acid groups (broad SMARTS) is 1. The molecule has 0 aromatic heterocycles. The van der Waals surface area contributed by atoms with Crippen LogP contribution in [0.5, 0.6) is 5.75 Å². The highest BCUT2D eigenvalue weighted by atomic mass is 16.6. The van der Waals surface area contributed by atoms with E-state index >= 15 is 0 Å². The molecule has 0 aliphatic carbocycles. The van der Waals surface area contributed by atoms with E-state index in [0.29, 0.717) is 117 Å². The Morgan fingerprint density at radius 1 is 0.511 bits per heavy atom. The van der Waals surface area contributed by atoms with Gasteiger partial charge in [-0.2, -0.15) is 0 Å². The number of hydrogen-bond acceptors (Lipinski definition) is 14. The highest BCUT2D eigenvalue weighted by Crippen LogP contribution is 2.10. The molecule has 0 radical (unpaired) electrons. The third kappa shape index (κ3) is 26.0. The lowest BCUT2D eigenvalue weighted by molar-refractivity contribution is -0.151. The molecule has 1 aromatic carbocycles. The van der Waals surface area contributed by atoms with Crippen molar-refractivity contribution in [2.75, 3.05) is 119 Å². The summed E-state index contributed by atoms with van der Waals surface area (Å²) in [6.45, 7) is 7.07. The van der Waals surface area contributed by atoms with Crippen LogP contribution in [0.25, 0.3) is 0 Å². The predicted molar refractivity (Wildman–Crippen MR) is 157 cm³/mol. The zero-order chi connectivity index (χ0) is 32.6. The number of aliphatic carboxylic acids is 1. The number of hydrogen-bond donors (Lipinski definition) is 1. The van der Waals surface area contributed by atoms with Gasteiger partial charge in [0.2, 0.25) is 5.78 Å². The van der Waals surface area contributed by atoms with Gasteiger partial charge in [0.05, 0.1) is 112 Å². The molecular weight excluding hydrogens is 600 g/mol. The fourth-order valence-electron chi connectivity index (χ4n) is 3.11. The molecule has 1 N–H and O–H groups in total. The van der Waals surface area contributed by atoms with Gasteiger partial charge in [-0.15, -0.1) is 0 Å². The van der Waals surface area contributed by atoms with E-state index in [1.807, 2.05) is 0 Å². The van der Waals surface area contributed by atoms with Crippen LogP contribution < -0.4 is 4.74 Å². The van der Waals surface area contributed by atoms with E-state index in [9.17, 15) is 19.2 Å². The minimum Gasteiger partial charge on any atom is -0.491 e. The second-order valence-electron chi connectivity index (χ2n) is 8.88. The second-order valence-corrected chi connectivity index (χ2v) is 8.88. The van der Waals surface area contributed by atoms with Crippen molar-refractivity contribution in [2.45, 2.75) is 12.8 Å². The molecule has 0 unspecified atom stereocenters. The van der Waals surface area contributed by atoms with Crippen molar-refractivity contribution in [3.8, 4) is 5.75 Å². The Bertz CT molecular complexity index is 894. The largest absolute Gasteiger partial charge is 0.491 e. The minimum absolute atomic E-state index is 0.0108. The number of carboxylic acids is 1. The molecule has 0 spiro atoms. The van der Waals surface area contributed by atoms with Crippen LogP contribution in [0.3, 0.4) is 0 Å². The highest BCUT2D eigenvalue weighted by Gasteiger charge is 2.14. The molecule has 45 heavy (non-hydrogen) atoms. The van der Waals surface area contributed by atoms with E-state index in [0.717, 1.165) is 6.29 Å². The van der Waals surface area contributed by atoms with Crippen LogP contribution in [0.1, 0.15) is 23.2 Å². The first kappa shape index (κ1) is 40.0. The van der Waals surface area contributed by atoms with Crippen molar-refractivity contribution < 1.29 is 71.7 Å². The van der Waals surface area contributed by atoms with Crippen LogP contribution in [0.2, 0.25) is 0 Å². The number of ketones is 1. The van der Waals surface area contributed by atoms with Crippen LogP contribution in [-0.4, -0.2) is 148 Å². The summed E-state index contributed by atoms with van der Waals surface area (Å²) >= 11 is 0. The van der Waals surface area contributed by atoms with E-state index in [2.05, 4.69) is 0 Å². The van der Waals surface area contributed by atoms with Gasteiger partial charge in [-0.1, -0.05) is 0 Å². The maximum atomic E-state index is 11.4. The molecule has 1 aromatic rings. The Morgan fingerprint density at radius 3 is 1.22 bits per heavy atom. The van der Waals surface area contributed by atoms with Crippen molar-refractivity contribution in [1.82, 2.24) is 0 Å². The summed E-state index contributed by atoms with van der Waals surface area (Å²) in [5.74, 6) is -2.56. The topological polar surface area (TPSA) is 181 Å². The third-order valence-electron chi connectivity index (χ3n) is 5.40. The van der Waals surface area contributed by atoms with Gasteiger partial charge >= 0.3 is 11.9 Å². The fraction of sp³-hybridized carbons (Fsp3) is 0.667. The lowest BCUT2D eigenvalue weighted by Crippen LogP contribution is -2.17. The summed E-state index contributed by atoms with van der Waals surface area (Å²) in [7, 11) is 0. The van der Waals surface area contributed by atoms with E-state index in [1.54, 1.807) is 24.3 Å². The highest BCUT2D eigenvalue weighted by molar-refractivity contribution is 6.32. The first-order valence-corrected chi connectivity index (χ1v) is 14.7. The molecular formula is C30H46O15. The predicted octanol–water partition coefficient (Wildman–Crippen LogP) is 0.988. The third-order valence-corrected chi connectivity index (χ3v) is 5.40. The lowest BCUT2D eigenvalue weighted by atomic mass is 10.2. The summed E-state index contributed by atoms with van der Waals surface area (Å²) in [5, 5.41) is 8.43. The van der Waals surface area contributed by atoms with Crippen LogP contribution in [0, 0.1) is 0 Å². The summed E-state index contributed by atoms with van der Waals surface area (Å²) in [6.07, 6.45) is 0.122. The molecule has 0 amide bonds. The molecule has 15 heteroatoms. The summed E-state index contributed by atoms with van der Waals surface area (Å²) in [4.78, 5) is 43.2. The average Bonchev–Trinajstić information content (AvgIpc) is 3.05. The normalized spacial score (nSPS) is 10.9. The van der Waals surface area contributed by atoms with Gasteiger partial charge in [-0.05, 0) is 24.3 Å². The van der Waals surface area contributed by atoms with Gasteiger partial charge < -0.3 is 52.5 Å². The number of rotatable bonds is 33. The molecule has 0 bridgehead atoms. The van der Waals surface area contributed by atoms with Crippen molar-refractivity contribution in [2.24, 2.45) is 0 Å². The van der Waals surface area contributed by atoms with E-state index in [1.165, 1.54) is 0 Å². The van der Waals surface area contributed by atoms with E-state index < -0.39 is 17.7 Å². The lowest BCUT2D eigenvalue weighted by Gasteiger charge is -2.09. The van der Waals surface area contributed by atoms with Gasteiger partial charge in [0.15, 0.2) is 0 Å². The number of Topliss-reactive ketones (excluding diaryl/α,β-unsaturated/α-hetero) is 1. The van der Waals surface area contributed by atoms with Crippen molar-refractivity contribution in [3.05, 3.63) is 29.8 Å². The van der Waals surface area contributed by atoms with Crippen LogP contribution in [0.4, 0.5) is 0 Å². The van der Waals surface area contributed by atoms with Gasteiger partial charge in [0.1, 0.15) is 25.2 Å². The first-order chi connectivity index (χ1) is 22.0. The Labute approximate surface area is 263 Å². The number of esters is 1. The molecule has 0 fully saturated rings. The second kappa shape index (κ2) is 29.7. The first-order valence-electron chi connectivity index (χ1n) is 14.7. The molecule has 15 nitrogen and oxygen atoms in total. The van der Waals surface area contributed by atoms with Gasteiger partial charge in [0, 0.05) is 12.0 Å².